The lowest BCUT2D eigenvalue weighted by atomic mass is 9.86. The van der Waals surface area contributed by atoms with Gasteiger partial charge in [-0.15, -0.1) is 0 Å². The van der Waals surface area contributed by atoms with Gasteiger partial charge in [0.1, 0.15) is 5.82 Å². The predicted molar refractivity (Wildman–Crippen MR) is 65.0 cm³/mol. The van der Waals surface area contributed by atoms with Crippen LogP contribution in [0.4, 0.5) is 8.78 Å². The first-order valence-corrected chi connectivity index (χ1v) is 6.32. The number of halogens is 2. The molecule has 1 aliphatic carbocycles. The number of aromatic nitrogens is 1. The van der Waals surface area contributed by atoms with E-state index >= 15 is 0 Å². The Kier molecular flexibility index (Phi) is 4.26. The van der Waals surface area contributed by atoms with Gasteiger partial charge in [-0.05, 0) is 25.7 Å². The van der Waals surface area contributed by atoms with Crippen molar-refractivity contribution < 1.29 is 23.5 Å². The van der Waals surface area contributed by atoms with Gasteiger partial charge in [-0.2, -0.15) is 0 Å². The molecule has 1 aromatic rings. The highest BCUT2D eigenvalue weighted by atomic mass is 19.1. The van der Waals surface area contributed by atoms with E-state index in [1.54, 1.807) is 0 Å². The summed E-state index contributed by atoms with van der Waals surface area (Å²) in [5, 5.41) is 11.5. The number of hydrogen-bond acceptors (Lipinski definition) is 3. The summed E-state index contributed by atoms with van der Waals surface area (Å²) in [5.41, 5.74) is -0.452. The van der Waals surface area contributed by atoms with Gasteiger partial charge in [-0.1, -0.05) is 0 Å². The topological polar surface area (TPSA) is 79.3 Å². The highest BCUT2D eigenvalue weighted by Gasteiger charge is 2.27. The van der Waals surface area contributed by atoms with Crippen LogP contribution < -0.4 is 5.32 Å². The lowest BCUT2D eigenvalue weighted by Gasteiger charge is -2.26. The molecule has 20 heavy (non-hydrogen) atoms. The molecule has 2 rings (SSSR count). The molecule has 1 aromatic heterocycles. The number of nitrogens with one attached hydrogen (secondary N) is 1. The molecule has 0 unspecified atom stereocenters. The van der Waals surface area contributed by atoms with Crippen LogP contribution in [0.25, 0.3) is 0 Å². The van der Waals surface area contributed by atoms with Crippen LogP contribution in [-0.2, 0) is 4.79 Å². The molecule has 0 bridgehead atoms. The molecule has 1 aliphatic rings. The largest absolute Gasteiger partial charge is 0.481 e. The zero-order valence-corrected chi connectivity index (χ0v) is 10.6. The molecule has 7 heteroatoms. The third-order valence-electron chi connectivity index (χ3n) is 3.43. The summed E-state index contributed by atoms with van der Waals surface area (Å²) in [6, 6.07) is 0.396. The molecule has 108 valence electrons. The fraction of sp³-hybridized carbons (Fsp3) is 0.462. The Hall–Kier alpha value is -2.05. The molecule has 1 heterocycles. The van der Waals surface area contributed by atoms with Crippen molar-refractivity contribution >= 4 is 11.9 Å². The minimum Gasteiger partial charge on any atom is -0.481 e. The second-order valence-electron chi connectivity index (χ2n) is 4.84. The summed E-state index contributed by atoms with van der Waals surface area (Å²) >= 11 is 0. The van der Waals surface area contributed by atoms with Gasteiger partial charge in [-0.3, -0.25) is 9.59 Å². The SMILES string of the molecule is O=C(NC1CCC(C(=O)O)CC1)c1ncc(F)cc1F. The number of aliphatic carboxylic acids is 1. The van der Waals surface area contributed by atoms with Crippen molar-refractivity contribution in [2.24, 2.45) is 5.92 Å². The lowest BCUT2D eigenvalue weighted by Crippen LogP contribution is -2.39. The number of carboxylic acid groups (broad SMARTS) is 1. The van der Waals surface area contributed by atoms with Crippen LogP contribution in [0.1, 0.15) is 36.2 Å². The van der Waals surface area contributed by atoms with Crippen LogP contribution >= 0.6 is 0 Å². The number of hydrogen-bond donors (Lipinski definition) is 2. The van der Waals surface area contributed by atoms with Crippen molar-refractivity contribution in [2.75, 3.05) is 0 Å². The normalized spacial score (nSPS) is 22.3. The minimum absolute atomic E-state index is 0.204. The summed E-state index contributed by atoms with van der Waals surface area (Å²) in [6.07, 6.45) is 2.76. The van der Waals surface area contributed by atoms with E-state index in [4.69, 9.17) is 5.11 Å². The number of nitrogens with zero attached hydrogens (tertiary/aromatic N) is 1. The van der Waals surface area contributed by atoms with E-state index in [9.17, 15) is 18.4 Å². The van der Waals surface area contributed by atoms with Gasteiger partial charge >= 0.3 is 5.97 Å². The molecule has 2 N–H and O–H groups in total. The zero-order chi connectivity index (χ0) is 14.7. The molecule has 1 saturated carbocycles. The van der Waals surface area contributed by atoms with Gasteiger partial charge in [0.15, 0.2) is 11.5 Å². The maximum atomic E-state index is 13.4. The van der Waals surface area contributed by atoms with Gasteiger partial charge in [0.2, 0.25) is 0 Å². The van der Waals surface area contributed by atoms with Crippen molar-refractivity contribution in [1.29, 1.82) is 0 Å². The average Bonchev–Trinajstić information content (AvgIpc) is 2.39. The molecule has 5 nitrogen and oxygen atoms in total. The molecule has 0 saturated heterocycles. The van der Waals surface area contributed by atoms with Crippen molar-refractivity contribution in [3.8, 4) is 0 Å². The average molecular weight is 284 g/mol. The van der Waals surface area contributed by atoms with E-state index in [0.717, 1.165) is 6.20 Å². The van der Waals surface area contributed by atoms with Crippen LogP contribution in [0, 0.1) is 17.6 Å². The number of pyridine rings is 1. The molecule has 0 aliphatic heterocycles. The quantitative estimate of drug-likeness (QED) is 0.886. The molecule has 1 amide bonds. The Morgan fingerprint density at radius 2 is 1.90 bits per heavy atom. The number of carboxylic acids is 1. The highest BCUT2D eigenvalue weighted by molar-refractivity contribution is 5.92. The van der Waals surface area contributed by atoms with E-state index in [0.29, 0.717) is 31.7 Å². The number of carbonyl (C=O) groups excluding carboxylic acids is 1. The van der Waals surface area contributed by atoms with E-state index in [1.807, 2.05) is 0 Å². The Balaban J connectivity index is 1.94. The Morgan fingerprint density at radius 1 is 1.25 bits per heavy atom. The Bertz CT molecular complexity index is 528. The van der Waals surface area contributed by atoms with E-state index in [1.165, 1.54) is 0 Å². The van der Waals surface area contributed by atoms with Crippen LogP contribution in [0.5, 0.6) is 0 Å². The fourth-order valence-corrected chi connectivity index (χ4v) is 2.32. The maximum absolute atomic E-state index is 13.4. The van der Waals surface area contributed by atoms with Crippen LogP contribution in [0.2, 0.25) is 0 Å². The van der Waals surface area contributed by atoms with Gasteiger partial charge < -0.3 is 10.4 Å². The maximum Gasteiger partial charge on any atom is 0.306 e. The van der Waals surface area contributed by atoms with Crippen molar-refractivity contribution in [3.05, 3.63) is 29.6 Å². The monoisotopic (exact) mass is 284 g/mol. The first-order valence-electron chi connectivity index (χ1n) is 6.32. The van der Waals surface area contributed by atoms with Crippen molar-refractivity contribution in [2.45, 2.75) is 31.7 Å². The minimum atomic E-state index is -1.01. The second kappa shape index (κ2) is 5.94. The summed E-state index contributed by atoms with van der Waals surface area (Å²) in [5.74, 6) is -3.78. The van der Waals surface area contributed by atoms with Crippen LogP contribution in [-0.4, -0.2) is 28.0 Å². The third-order valence-corrected chi connectivity index (χ3v) is 3.43. The van der Waals surface area contributed by atoms with E-state index in [-0.39, 0.29) is 12.0 Å². The molecule has 0 aromatic carbocycles. The molecule has 0 spiro atoms. The summed E-state index contributed by atoms with van der Waals surface area (Å²) in [4.78, 5) is 26.0. The van der Waals surface area contributed by atoms with Gasteiger partial charge in [0.05, 0.1) is 12.1 Å². The fourth-order valence-electron chi connectivity index (χ4n) is 2.32. The van der Waals surface area contributed by atoms with Gasteiger partial charge in [0.25, 0.3) is 5.91 Å². The van der Waals surface area contributed by atoms with Gasteiger partial charge in [0, 0.05) is 12.1 Å². The van der Waals surface area contributed by atoms with E-state index < -0.39 is 29.2 Å². The standard InChI is InChI=1S/C13H14F2N2O3/c14-8-5-10(15)11(16-6-8)12(18)17-9-3-1-7(2-4-9)13(19)20/h5-7,9H,1-4H2,(H,17,18)(H,19,20). The molecular formula is C13H14F2N2O3. The first kappa shape index (κ1) is 14.4. The second-order valence-corrected chi connectivity index (χ2v) is 4.84. The predicted octanol–water partition coefficient (Wildman–Crippen LogP) is 1.73. The molecule has 0 radical (unpaired) electrons. The number of carbonyl (C=O) groups is 2. The van der Waals surface area contributed by atoms with Crippen LogP contribution in [0.15, 0.2) is 12.3 Å². The number of rotatable bonds is 3. The van der Waals surface area contributed by atoms with Crippen LogP contribution in [0.3, 0.4) is 0 Å². The summed E-state index contributed by atoms with van der Waals surface area (Å²) < 4.78 is 26.1. The Morgan fingerprint density at radius 3 is 2.45 bits per heavy atom. The lowest BCUT2D eigenvalue weighted by molar-refractivity contribution is -0.142. The van der Waals surface area contributed by atoms with Gasteiger partial charge in [-0.25, -0.2) is 13.8 Å². The van der Waals surface area contributed by atoms with E-state index in [2.05, 4.69) is 10.3 Å². The first-order chi connectivity index (χ1) is 9.47. The van der Waals surface area contributed by atoms with Crippen molar-refractivity contribution in [3.63, 3.8) is 0 Å². The third kappa shape index (κ3) is 3.28. The molecule has 0 atom stereocenters. The zero-order valence-electron chi connectivity index (χ0n) is 10.6. The molecular weight excluding hydrogens is 270 g/mol. The molecule has 1 fully saturated rings. The Labute approximate surface area is 114 Å². The summed E-state index contributed by atoms with van der Waals surface area (Å²) in [6.45, 7) is 0. The number of amides is 1. The van der Waals surface area contributed by atoms with Crippen molar-refractivity contribution in [1.82, 2.24) is 10.3 Å². The smallest absolute Gasteiger partial charge is 0.306 e. The highest BCUT2D eigenvalue weighted by Crippen LogP contribution is 2.24. The summed E-state index contributed by atoms with van der Waals surface area (Å²) in [7, 11) is 0.